The quantitative estimate of drug-likeness (QED) is 0.876. The minimum Gasteiger partial charge on any atom is -0.319 e. The summed E-state index contributed by atoms with van der Waals surface area (Å²) in [5, 5.41) is 4.36. The number of hydrogen-bond acceptors (Lipinski definition) is 3. The molecule has 0 atom stereocenters. The van der Waals surface area contributed by atoms with Gasteiger partial charge in [-0.3, -0.25) is 0 Å². The number of nitrogens with zero attached hydrogens (tertiary/aromatic N) is 1. The first kappa shape index (κ1) is 11.3. The molecule has 2 rings (SSSR count). The third kappa shape index (κ3) is 2.49. The zero-order valence-electron chi connectivity index (χ0n) is 9.66. The highest BCUT2D eigenvalue weighted by molar-refractivity contribution is 7.12. The summed E-state index contributed by atoms with van der Waals surface area (Å²) < 4.78 is 0. The van der Waals surface area contributed by atoms with Crippen molar-refractivity contribution in [3.05, 3.63) is 40.2 Å². The first-order chi connectivity index (χ1) is 7.81. The fourth-order valence-electron chi connectivity index (χ4n) is 1.65. The third-order valence-corrected chi connectivity index (χ3v) is 3.51. The van der Waals surface area contributed by atoms with E-state index in [0.29, 0.717) is 0 Å². The van der Waals surface area contributed by atoms with Crippen molar-refractivity contribution in [3.63, 3.8) is 0 Å². The van der Waals surface area contributed by atoms with Gasteiger partial charge in [0.15, 0.2) is 0 Å². The van der Waals surface area contributed by atoms with E-state index in [1.165, 1.54) is 15.4 Å². The number of nitrogens with one attached hydrogen (secondary N) is 1. The number of hydrogen-bond donors (Lipinski definition) is 1. The van der Waals surface area contributed by atoms with Gasteiger partial charge in [-0.1, -0.05) is 30.3 Å². The number of aromatic nitrogens is 1. The van der Waals surface area contributed by atoms with Crippen LogP contribution in [0.5, 0.6) is 0 Å². The summed E-state index contributed by atoms with van der Waals surface area (Å²) in [5.41, 5.74) is 2.35. The number of rotatable bonds is 4. The van der Waals surface area contributed by atoms with Crippen molar-refractivity contribution in [2.45, 2.75) is 13.3 Å². The van der Waals surface area contributed by atoms with Crippen molar-refractivity contribution in [1.29, 1.82) is 0 Å². The standard InChI is InChI=1S/C13H16N2S/c1-10-13(11-6-4-3-5-7-11)15-12(16-10)8-9-14-2/h3-7,14H,8-9H2,1-2H3. The van der Waals surface area contributed by atoms with Gasteiger partial charge in [0.05, 0.1) is 10.7 Å². The molecule has 0 aliphatic heterocycles. The molecule has 0 radical (unpaired) electrons. The van der Waals surface area contributed by atoms with Crippen LogP contribution in [0.1, 0.15) is 9.88 Å². The SMILES string of the molecule is CNCCc1nc(-c2ccccc2)c(C)s1. The summed E-state index contributed by atoms with van der Waals surface area (Å²) in [6.45, 7) is 3.13. The van der Waals surface area contributed by atoms with Crippen molar-refractivity contribution in [2.24, 2.45) is 0 Å². The summed E-state index contributed by atoms with van der Waals surface area (Å²) in [5.74, 6) is 0. The van der Waals surface area contributed by atoms with Gasteiger partial charge >= 0.3 is 0 Å². The van der Waals surface area contributed by atoms with Crippen LogP contribution in [0, 0.1) is 6.92 Å². The largest absolute Gasteiger partial charge is 0.319 e. The topological polar surface area (TPSA) is 24.9 Å². The van der Waals surface area contributed by atoms with E-state index in [1.54, 1.807) is 11.3 Å². The van der Waals surface area contributed by atoms with Crippen LogP contribution in [-0.2, 0) is 6.42 Å². The van der Waals surface area contributed by atoms with Crippen LogP contribution in [0.4, 0.5) is 0 Å². The molecule has 0 aliphatic rings. The van der Waals surface area contributed by atoms with Gasteiger partial charge in [-0.15, -0.1) is 11.3 Å². The molecule has 84 valence electrons. The molecule has 0 saturated carbocycles. The molecule has 1 N–H and O–H groups in total. The Morgan fingerprint density at radius 2 is 2.00 bits per heavy atom. The molecule has 1 heterocycles. The van der Waals surface area contributed by atoms with Gasteiger partial charge in [0.1, 0.15) is 0 Å². The lowest BCUT2D eigenvalue weighted by molar-refractivity contribution is 0.788. The molecule has 3 heteroatoms. The lowest BCUT2D eigenvalue weighted by Crippen LogP contribution is -2.09. The normalized spacial score (nSPS) is 10.6. The number of thiazole rings is 1. The average Bonchev–Trinajstić information content (AvgIpc) is 2.69. The summed E-state index contributed by atoms with van der Waals surface area (Å²) in [4.78, 5) is 6.00. The highest BCUT2D eigenvalue weighted by Crippen LogP contribution is 2.27. The minimum atomic E-state index is 0.987. The van der Waals surface area contributed by atoms with E-state index in [-0.39, 0.29) is 0 Å². The van der Waals surface area contributed by atoms with E-state index in [1.807, 2.05) is 13.1 Å². The van der Waals surface area contributed by atoms with Crippen molar-refractivity contribution in [2.75, 3.05) is 13.6 Å². The van der Waals surface area contributed by atoms with E-state index >= 15 is 0 Å². The molecule has 0 bridgehead atoms. The van der Waals surface area contributed by atoms with E-state index < -0.39 is 0 Å². The fraction of sp³-hybridized carbons (Fsp3) is 0.308. The Bertz CT molecular complexity index is 448. The van der Waals surface area contributed by atoms with Crippen LogP contribution >= 0.6 is 11.3 Å². The molecule has 16 heavy (non-hydrogen) atoms. The number of aryl methyl sites for hydroxylation is 1. The smallest absolute Gasteiger partial charge is 0.0948 e. The Kier molecular flexibility index (Phi) is 3.70. The molecule has 0 aliphatic carbocycles. The maximum Gasteiger partial charge on any atom is 0.0948 e. The second-order valence-electron chi connectivity index (χ2n) is 3.73. The van der Waals surface area contributed by atoms with Crippen molar-refractivity contribution < 1.29 is 0 Å². The number of benzene rings is 1. The van der Waals surface area contributed by atoms with E-state index in [2.05, 4.69) is 36.5 Å². The fourth-order valence-corrected chi connectivity index (χ4v) is 2.61. The molecule has 1 aromatic heterocycles. The van der Waals surface area contributed by atoms with Gasteiger partial charge < -0.3 is 5.32 Å². The lowest BCUT2D eigenvalue weighted by atomic mass is 10.1. The highest BCUT2D eigenvalue weighted by atomic mass is 32.1. The average molecular weight is 232 g/mol. The highest BCUT2D eigenvalue weighted by Gasteiger charge is 2.08. The Balaban J connectivity index is 2.25. The molecule has 1 aromatic carbocycles. The Morgan fingerprint density at radius 1 is 1.25 bits per heavy atom. The van der Waals surface area contributed by atoms with Gasteiger partial charge in [0.25, 0.3) is 0 Å². The van der Waals surface area contributed by atoms with E-state index in [0.717, 1.165) is 18.7 Å². The lowest BCUT2D eigenvalue weighted by Gasteiger charge is -1.97. The van der Waals surface area contributed by atoms with Crippen LogP contribution in [0.3, 0.4) is 0 Å². The molecule has 0 spiro atoms. The second kappa shape index (κ2) is 5.23. The third-order valence-electron chi connectivity index (χ3n) is 2.48. The van der Waals surface area contributed by atoms with E-state index in [9.17, 15) is 0 Å². The minimum absolute atomic E-state index is 0.987. The van der Waals surface area contributed by atoms with E-state index in [4.69, 9.17) is 4.98 Å². The van der Waals surface area contributed by atoms with Crippen LogP contribution < -0.4 is 5.32 Å². The van der Waals surface area contributed by atoms with Gasteiger partial charge in [-0.25, -0.2) is 4.98 Å². The van der Waals surface area contributed by atoms with Gasteiger partial charge in [-0.05, 0) is 14.0 Å². The predicted octanol–water partition coefficient (Wildman–Crippen LogP) is 2.88. The molecule has 0 unspecified atom stereocenters. The van der Waals surface area contributed by atoms with Crippen LogP contribution in [0.2, 0.25) is 0 Å². The molecule has 0 amide bonds. The van der Waals surface area contributed by atoms with Crippen LogP contribution in [0.15, 0.2) is 30.3 Å². The van der Waals surface area contributed by atoms with Gasteiger partial charge in [0, 0.05) is 23.4 Å². The summed E-state index contributed by atoms with van der Waals surface area (Å²) in [7, 11) is 1.97. The first-order valence-electron chi connectivity index (χ1n) is 5.47. The Morgan fingerprint density at radius 3 is 2.69 bits per heavy atom. The van der Waals surface area contributed by atoms with Crippen molar-refractivity contribution in [3.8, 4) is 11.3 Å². The number of likely N-dealkylation sites (N-methyl/N-ethyl adjacent to an activating group) is 1. The summed E-state index contributed by atoms with van der Waals surface area (Å²) in [6.07, 6.45) is 1.01. The van der Waals surface area contributed by atoms with Crippen LogP contribution in [0.25, 0.3) is 11.3 Å². The molecule has 2 aromatic rings. The maximum atomic E-state index is 4.70. The molecular formula is C13H16N2S. The second-order valence-corrected chi connectivity index (χ2v) is 5.02. The van der Waals surface area contributed by atoms with Gasteiger partial charge in [0.2, 0.25) is 0 Å². The molecular weight excluding hydrogens is 216 g/mol. The summed E-state index contributed by atoms with van der Waals surface area (Å²) >= 11 is 1.80. The van der Waals surface area contributed by atoms with Crippen LogP contribution in [-0.4, -0.2) is 18.6 Å². The zero-order chi connectivity index (χ0) is 11.4. The first-order valence-corrected chi connectivity index (χ1v) is 6.29. The maximum absolute atomic E-state index is 4.70. The molecule has 2 nitrogen and oxygen atoms in total. The summed E-state index contributed by atoms with van der Waals surface area (Å²) in [6, 6.07) is 10.4. The van der Waals surface area contributed by atoms with Crippen molar-refractivity contribution >= 4 is 11.3 Å². The monoisotopic (exact) mass is 232 g/mol. The van der Waals surface area contributed by atoms with Gasteiger partial charge in [-0.2, -0.15) is 0 Å². The Labute approximate surface area is 100 Å². The predicted molar refractivity (Wildman–Crippen MR) is 69.9 cm³/mol. The van der Waals surface area contributed by atoms with Crippen molar-refractivity contribution in [1.82, 2.24) is 10.3 Å². The molecule has 0 saturated heterocycles. The zero-order valence-corrected chi connectivity index (χ0v) is 10.5. The Hall–Kier alpha value is -1.19. The molecule has 0 fully saturated rings.